The summed E-state index contributed by atoms with van der Waals surface area (Å²) in [6, 6.07) is 1.88. The van der Waals surface area contributed by atoms with E-state index in [9.17, 15) is 5.11 Å². The molecule has 1 heterocycles. The maximum Gasteiger partial charge on any atom is 0.158 e. The van der Waals surface area contributed by atoms with Crippen molar-refractivity contribution < 1.29 is 9.84 Å². The van der Waals surface area contributed by atoms with Crippen LogP contribution in [0.4, 0.5) is 11.6 Å². The molecule has 118 valence electrons. The second-order valence-corrected chi connectivity index (χ2v) is 5.70. The molecule has 0 bridgehead atoms. The van der Waals surface area contributed by atoms with Gasteiger partial charge in [-0.25, -0.2) is 9.97 Å². The van der Waals surface area contributed by atoms with Crippen molar-refractivity contribution in [3.63, 3.8) is 0 Å². The first-order valence-electron chi connectivity index (χ1n) is 7.72. The van der Waals surface area contributed by atoms with Crippen LogP contribution in [-0.2, 0) is 11.3 Å². The molecule has 1 aliphatic rings. The topological polar surface area (TPSA) is 79.3 Å². The molecule has 0 aromatic carbocycles. The third-order valence-corrected chi connectivity index (χ3v) is 3.73. The van der Waals surface area contributed by atoms with Gasteiger partial charge in [0.25, 0.3) is 0 Å². The second kappa shape index (κ2) is 7.56. The van der Waals surface area contributed by atoms with Gasteiger partial charge in [0, 0.05) is 26.3 Å². The minimum atomic E-state index is -0.594. The van der Waals surface area contributed by atoms with Gasteiger partial charge >= 0.3 is 0 Å². The lowest BCUT2D eigenvalue weighted by Crippen LogP contribution is -2.33. The Bertz CT molecular complexity index is 447. The Morgan fingerprint density at radius 1 is 1.24 bits per heavy atom. The highest BCUT2D eigenvalue weighted by Gasteiger charge is 2.30. The van der Waals surface area contributed by atoms with Crippen molar-refractivity contribution in [1.29, 1.82) is 0 Å². The number of hydrogen-bond donors (Lipinski definition) is 3. The molecule has 0 atom stereocenters. The molecule has 0 amide bonds. The van der Waals surface area contributed by atoms with Crippen molar-refractivity contribution in [3.05, 3.63) is 11.9 Å². The zero-order valence-electron chi connectivity index (χ0n) is 13.0. The Kier molecular flexibility index (Phi) is 5.76. The van der Waals surface area contributed by atoms with E-state index in [4.69, 9.17) is 4.74 Å². The Morgan fingerprint density at radius 2 is 1.90 bits per heavy atom. The predicted molar refractivity (Wildman–Crippen MR) is 83.4 cm³/mol. The van der Waals surface area contributed by atoms with E-state index in [0.717, 1.165) is 50.3 Å². The number of aliphatic hydroxyl groups is 1. The lowest BCUT2D eigenvalue weighted by atomic mass is 10.0. The minimum Gasteiger partial charge on any atom is -0.388 e. The van der Waals surface area contributed by atoms with Gasteiger partial charge in [-0.1, -0.05) is 19.8 Å². The third-order valence-electron chi connectivity index (χ3n) is 3.73. The molecule has 0 aliphatic heterocycles. The monoisotopic (exact) mass is 294 g/mol. The molecule has 0 radical (unpaired) electrons. The largest absolute Gasteiger partial charge is 0.388 e. The van der Waals surface area contributed by atoms with Gasteiger partial charge in [-0.3, -0.25) is 0 Å². The van der Waals surface area contributed by atoms with E-state index >= 15 is 0 Å². The molecule has 0 spiro atoms. The van der Waals surface area contributed by atoms with Gasteiger partial charge in [-0.15, -0.1) is 0 Å². The first-order valence-corrected chi connectivity index (χ1v) is 7.72. The van der Waals surface area contributed by atoms with Crippen LogP contribution in [0, 0.1) is 0 Å². The van der Waals surface area contributed by atoms with Crippen LogP contribution in [0.5, 0.6) is 0 Å². The van der Waals surface area contributed by atoms with Gasteiger partial charge in [0.1, 0.15) is 18.2 Å². The molecule has 6 nitrogen and oxygen atoms in total. The van der Waals surface area contributed by atoms with Crippen LogP contribution in [0.25, 0.3) is 0 Å². The van der Waals surface area contributed by atoms with Crippen LogP contribution in [0.2, 0.25) is 0 Å². The predicted octanol–water partition coefficient (Wildman–Crippen LogP) is 2.16. The van der Waals surface area contributed by atoms with Gasteiger partial charge < -0.3 is 20.5 Å². The molecule has 2 rings (SSSR count). The van der Waals surface area contributed by atoms with E-state index in [0.29, 0.717) is 19.0 Å². The van der Waals surface area contributed by atoms with Crippen molar-refractivity contribution in [2.24, 2.45) is 0 Å². The maximum absolute atomic E-state index is 10.4. The number of nitrogens with one attached hydrogen (secondary N) is 2. The summed E-state index contributed by atoms with van der Waals surface area (Å²) in [7, 11) is 1.63. The smallest absolute Gasteiger partial charge is 0.158 e. The lowest BCUT2D eigenvalue weighted by Gasteiger charge is -2.23. The van der Waals surface area contributed by atoms with Crippen molar-refractivity contribution in [2.45, 2.75) is 51.2 Å². The van der Waals surface area contributed by atoms with E-state index in [2.05, 4.69) is 27.5 Å². The summed E-state index contributed by atoms with van der Waals surface area (Å²) in [5.74, 6) is 2.16. The average molecular weight is 294 g/mol. The van der Waals surface area contributed by atoms with E-state index in [1.54, 1.807) is 7.11 Å². The highest BCUT2D eigenvalue weighted by molar-refractivity contribution is 5.47. The first kappa shape index (κ1) is 16.0. The normalized spacial score (nSPS) is 16.9. The van der Waals surface area contributed by atoms with Gasteiger partial charge in [-0.2, -0.15) is 0 Å². The summed E-state index contributed by atoms with van der Waals surface area (Å²) < 4.78 is 5.11. The summed E-state index contributed by atoms with van der Waals surface area (Å²) in [4.78, 5) is 8.83. The zero-order chi connectivity index (χ0) is 15.1. The van der Waals surface area contributed by atoms with Crippen molar-refractivity contribution >= 4 is 11.6 Å². The number of nitrogens with zero attached hydrogens (tertiary/aromatic N) is 2. The molecule has 1 saturated carbocycles. The van der Waals surface area contributed by atoms with Crippen LogP contribution < -0.4 is 10.6 Å². The molecular weight excluding hydrogens is 268 g/mol. The highest BCUT2D eigenvalue weighted by atomic mass is 16.5. The summed E-state index contributed by atoms with van der Waals surface area (Å²) in [6.45, 7) is 3.89. The molecule has 6 heteroatoms. The Morgan fingerprint density at radius 3 is 2.52 bits per heavy atom. The minimum absolute atomic E-state index is 0.376. The zero-order valence-corrected chi connectivity index (χ0v) is 13.0. The summed E-state index contributed by atoms with van der Waals surface area (Å²) in [6.07, 6.45) is 4.94. The summed E-state index contributed by atoms with van der Waals surface area (Å²) in [5, 5.41) is 16.9. The Labute approximate surface area is 126 Å². The van der Waals surface area contributed by atoms with E-state index in [-0.39, 0.29) is 0 Å². The second-order valence-electron chi connectivity index (χ2n) is 5.70. The number of ether oxygens (including phenoxy) is 1. The van der Waals surface area contributed by atoms with Gasteiger partial charge in [0.15, 0.2) is 5.82 Å². The van der Waals surface area contributed by atoms with Crippen LogP contribution in [0.15, 0.2) is 6.07 Å². The van der Waals surface area contributed by atoms with Crippen molar-refractivity contribution in [3.8, 4) is 0 Å². The Hall–Kier alpha value is -1.40. The fourth-order valence-corrected chi connectivity index (χ4v) is 2.59. The molecule has 1 aromatic heterocycles. The van der Waals surface area contributed by atoms with Crippen LogP contribution >= 0.6 is 0 Å². The molecule has 0 saturated heterocycles. The van der Waals surface area contributed by atoms with Crippen LogP contribution in [-0.4, -0.2) is 40.9 Å². The molecule has 21 heavy (non-hydrogen) atoms. The van der Waals surface area contributed by atoms with E-state index in [1.165, 1.54) is 0 Å². The summed E-state index contributed by atoms with van der Waals surface area (Å²) >= 11 is 0. The number of methoxy groups -OCH3 is 1. The number of rotatable bonds is 8. The van der Waals surface area contributed by atoms with Crippen molar-refractivity contribution in [2.75, 3.05) is 30.8 Å². The fraction of sp³-hybridized carbons (Fsp3) is 0.733. The molecule has 1 fully saturated rings. The Balaban J connectivity index is 2.03. The highest BCUT2D eigenvalue weighted by Crippen LogP contribution is 2.29. The van der Waals surface area contributed by atoms with Gasteiger partial charge in [-0.05, 0) is 19.3 Å². The van der Waals surface area contributed by atoms with Gasteiger partial charge in [0.05, 0.1) is 5.60 Å². The quantitative estimate of drug-likeness (QED) is 0.682. The molecule has 1 aliphatic carbocycles. The molecular formula is C15H26N4O2. The first-order chi connectivity index (χ1) is 10.1. The lowest BCUT2D eigenvalue weighted by molar-refractivity contribution is 0.0614. The number of anilines is 2. The maximum atomic E-state index is 10.4. The standard InChI is InChI=1S/C15H26N4O2/c1-3-8-16-12-9-13(19-14(18-12)10-21-2)17-11-15(20)6-4-5-7-15/h9,20H,3-8,10-11H2,1-2H3,(H2,16,17,18,19). The van der Waals surface area contributed by atoms with Crippen LogP contribution in [0.3, 0.4) is 0 Å². The van der Waals surface area contributed by atoms with E-state index in [1.807, 2.05) is 6.07 Å². The SMILES string of the molecule is CCCNc1cc(NCC2(O)CCCC2)nc(COC)n1. The molecule has 3 N–H and O–H groups in total. The fourth-order valence-electron chi connectivity index (χ4n) is 2.59. The third kappa shape index (κ3) is 4.82. The van der Waals surface area contributed by atoms with Gasteiger partial charge in [0.2, 0.25) is 0 Å². The molecule has 1 aromatic rings. The summed E-state index contributed by atoms with van der Waals surface area (Å²) in [5.41, 5.74) is -0.594. The number of hydrogen-bond acceptors (Lipinski definition) is 6. The van der Waals surface area contributed by atoms with Crippen LogP contribution in [0.1, 0.15) is 44.9 Å². The number of aromatic nitrogens is 2. The van der Waals surface area contributed by atoms with Crippen molar-refractivity contribution in [1.82, 2.24) is 9.97 Å². The average Bonchev–Trinajstić information content (AvgIpc) is 2.91. The van der Waals surface area contributed by atoms with E-state index < -0.39 is 5.60 Å². The molecule has 0 unspecified atom stereocenters.